The van der Waals surface area contributed by atoms with Crippen LogP contribution in [0.15, 0.2) is 23.0 Å². The van der Waals surface area contributed by atoms with Gasteiger partial charge < -0.3 is 4.98 Å². The number of rotatable bonds is 1. The van der Waals surface area contributed by atoms with Gasteiger partial charge in [0.1, 0.15) is 0 Å². The molecule has 0 bridgehead atoms. The van der Waals surface area contributed by atoms with Crippen molar-refractivity contribution in [1.29, 1.82) is 0 Å². The number of hydrogen-bond acceptors (Lipinski definition) is 2. The fraction of sp³-hybridized carbons (Fsp3) is 0.385. The third kappa shape index (κ3) is 1.63. The van der Waals surface area contributed by atoms with E-state index >= 15 is 0 Å². The molecule has 0 atom stereocenters. The summed E-state index contributed by atoms with van der Waals surface area (Å²) in [5.41, 5.74) is 1.98. The van der Waals surface area contributed by atoms with Crippen molar-refractivity contribution in [3.8, 4) is 0 Å². The molecular formula is C13H14N2OS. The topological polar surface area (TPSA) is 37.8 Å². The van der Waals surface area contributed by atoms with E-state index in [9.17, 15) is 4.79 Å². The van der Waals surface area contributed by atoms with Gasteiger partial charge in [0.05, 0.1) is 10.9 Å². The highest BCUT2D eigenvalue weighted by atomic mass is 32.1. The van der Waals surface area contributed by atoms with Crippen LogP contribution in [0.2, 0.25) is 0 Å². The Bertz CT molecular complexity index is 695. The summed E-state index contributed by atoms with van der Waals surface area (Å²) in [6, 6.07) is 6.14. The summed E-state index contributed by atoms with van der Waals surface area (Å²) in [7, 11) is 0. The molecule has 88 valence electrons. The molecule has 1 aliphatic carbocycles. The molecule has 3 nitrogen and oxygen atoms in total. The zero-order valence-corrected chi connectivity index (χ0v) is 10.5. The lowest BCUT2D eigenvalue weighted by Gasteiger charge is -2.27. The molecule has 1 N–H and O–H groups in total. The third-order valence-corrected chi connectivity index (χ3v) is 3.82. The van der Waals surface area contributed by atoms with Crippen LogP contribution in [-0.4, -0.2) is 9.55 Å². The van der Waals surface area contributed by atoms with Crippen molar-refractivity contribution in [3.63, 3.8) is 0 Å². The predicted molar refractivity (Wildman–Crippen MR) is 71.0 cm³/mol. The molecule has 3 rings (SSSR count). The van der Waals surface area contributed by atoms with Crippen molar-refractivity contribution in [3.05, 3.63) is 38.9 Å². The average molecular weight is 246 g/mol. The Morgan fingerprint density at radius 2 is 2.18 bits per heavy atom. The third-order valence-electron chi connectivity index (χ3n) is 3.52. The maximum Gasteiger partial charge on any atom is 0.262 e. The summed E-state index contributed by atoms with van der Waals surface area (Å²) >= 11 is 5.28. The molecular weight excluding hydrogens is 232 g/mol. The molecule has 0 aliphatic heterocycles. The zero-order valence-electron chi connectivity index (χ0n) is 9.69. The predicted octanol–water partition coefficient (Wildman–Crippen LogP) is 3.09. The molecule has 2 aromatic rings. The largest absolute Gasteiger partial charge is 0.332 e. The summed E-state index contributed by atoms with van der Waals surface area (Å²) in [4.78, 5) is 15.6. The normalized spacial score (nSPS) is 16.1. The van der Waals surface area contributed by atoms with Gasteiger partial charge in [-0.25, -0.2) is 0 Å². The average Bonchev–Trinajstić information content (AvgIpc) is 2.23. The van der Waals surface area contributed by atoms with E-state index in [-0.39, 0.29) is 5.56 Å². The second-order valence-electron chi connectivity index (χ2n) is 4.74. The second kappa shape index (κ2) is 3.81. The Kier molecular flexibility index (Phi) is 2.40. The van der Waals surface area contributed by atoms with Crippen LogP contribution in [0.5, 0.6) is 0 Å². The molecule has 0 radical (unpaired) electrons. The summed E-state index contributed by atoms with van der Waals surface area (Å²) in [6.07, 6.45) is 3.32. The van der Waals surface area contributed by atoms with E-state index in [1.165, 1.54) is 6.42 Å². The van der Waals surface area contributed by atoms with Crippen molar-refractivity contribution in [2.45, 2.75) is 32.2 Å². The van der Waals surface area contributed by atoms with Crippen LogP contribution in [0.25, 0.3) is 10.9 Å². The van der Waals surface area contributed by atoms with Crippen molar-refractivity contribution >= 4 is 23.1 Å². The number of aromatic nitrogens is 2. The Morgan fingerprint density at radius 3 is 2.82 bits per heavy atom. The van der Waals surface area contributed by atoms with Crippen LogP contribution in [0.1, 0.15) is 30.9 Å². The zero-order chi connectivity index (χ0) is 12.0. The first-order chi connectivity index (χ1) is 8.16. The Hall–Kier alpha value is -1.42. The lowest BCUT2D eigenvalue weighted by atomic mass is 9.93. The van der Waals surface area contributed by atoms with Crippen LogP contribution in [-0.2, 0) is 0 Å². The van der Waals surface area contributed by atoms with E-state index < -0.39 is 0 Å². The van der Waals surface area contributed by atoms with E-state index in [0.29, 0.717) is 10.8 Å². The van der Waals surface area contributed by atoms with Crippen LogP contribution in [0.3, 0.4) is 0 Å². The maximum absolute atomic E-state index is 12.4. The molecule has 1 aromatic carbocycles. The number of hydrogen-bond donors (Lipinski definition) is 1. The van der Waals surface area contributed by atoms with Gasteiger partial charge in [-0.3, -0.25) is 9.36 Å². The summed E-state index contributed by atoms with van der Waals surface area (Å²) in [5, 5.41) is 0.741. The van der Waals surface area contributed by atoms with Crippen LogP contribution in [0, 0.1) is 11.7 Å². The minimum absolute atomic E-state index is 0.0529. The fourth-order valence-corrected chi connectivity index (χ4v) is 2.66. The highest BCUT2D eigenvalue weighted by Crippen LogP contribution is 2.30. The first-order valence-corrected chi connectivity index (χ1v) is 6.33. The number of nitrogens with zero attached hydrogens (tertiary/aromatic N) is 1. The lowest BCUT2D eigenvalue weighted by molar-refractivity contribution is 0.302. The van der Waals surface area contributed by atoms with Gasteiger partial charge in [0.2, 0.25) is 0 Å². The molecule has 0 saturated heterocycles. The fourth-order valence-electron chi connectivity index (χ4n) is 2.32. The van der Waals surface area contributed by atoms with E-state index in [1.807, 2.05) is 25.1 Å². The number of fused-ring (bicyclic) bond motifs is 1. The smallest absolute Gasteiger partial charge is 0.262 e. The SMILES string of the molecule is Cc1ccc2[nH]c(=S)n(C3CCC3)c(=O)c2c1. The molecule has 1 heterocycles. The van der Waals surface area contributed by atoms with Crippen molar-refractivity contribution in [2.75, 3.05) is 0 Å². The van der Waals surface area contributed by atoms with Crippen LogP contribution in [0.4, 0.5) is 0 Å². The van der Waals surface area contributed by atoms with Gasteiger partial charge in [0.25, 0.3) is 5.56 Å². The van der Waals surface area contributed by atoms with Crippen molar-refractivity contribution in [2.24, 2.45) is 0 Å². The van der Waals surface area contributed by atoms with Gasteiger partial charge in [-0.05, 0) is 50.5 Å². The Balaban J connectivity index is 2.36. The molecule has 0 spiro atoms. The van der Waals surface area contributed by atoms with Crippen LogP contribution >= 0.6 is 12.2 Å². The standard InChI is InChI=1S/C13H14N2OS/c1-8-5-6-11-10(7-8)12(16)15(13(17)14-11)9-3-2-4-9/h5-7,9H,2-4H2,1H3,(H,14,17). The van der Waals surface area contributed by atoms with Gasteiger partial charge in [0.15, 0.2) is 4.77 Å². The minimum atomic E-state index is 0.0529. The molecule has 0 unspecified atom stereocenters. The number of nitrogens with one attached hydrogen (secondary N) is 1. The van der Waals surface area contributed by atoms with Gasteiger partial charge in [0, 0.05) is 6.04 Å². The number of aromatic amines is 1. The number of aryl methyl sites for hydroxylation is 1. The molecule has 1 fully saturated rings. The second-order valence-corrected chi connectivity index (χ2v) is 5.13. The van der Waals surface area contributed by atoms with E-state index in [2.05, 4.69) is 4.98 Å². The summed E-state index contributed by atoms with van der Waals surface area (Å²) < 4.78 is 2.30. The van der Waals surface area contributed by atoms with Crippen molar-refractivity contribution in [1.82, 2.24) is 9.55 Å². The highest BCUT2D eigenvalue weighted by molar-refractivity contribution is 7.71. The van der Waals surface area contributed by atoms with Gasteiger partial charge in [-0.15, -0.1) is 0 Å². The molecule has 4 heteroatoms. The highest BCUT2D eigenvalue weighted by Gasteiger charge is 2.22. The van der Waals surface area contributed by atoms with E-state index in [0.717, 1.165) is 29.3 Å². The minimum Gasteiger partial charge on any atom is -0.332 e. The monoisotopic (exact) mass is 246 g/mol. The van der Waals surface area contributed by atoms with Crippen LogP contribution < -0.4 is 5.56 Å². The molecule has 17 heavy (non-hydrogen) atoms. The Morgan fingerprint density at radius 1 is 1.41 bits per heavy atom. The first-order valence-electron chi connectivity index (χ1n) is 5.92. The number of benzene rings is 1. The van der Waals surface area contributed by atoms with Gasteiger partial charge >= 0.3 is 0 Å². The molecule has 1 aromatic heterocycles. The molecule has 1 saturated carbocycles. The lowest BCUT2D eigenvalue weighted by Crippen LogP contribution is -2.30. The van der Waals surface area contributed by atoms with E-state index in [1.54, 1.807) is 4.57 Å². The Labute approximate surface area is 104 Å². The summed E-state index contributed by atoms with van der Waals surface area (Å²) in [6.45, 7) is 1.99. The van der Waals surface area contributed by atoms with E-state index in [4.69, 9.17) is 12.2 Å². The molecule has 1 aliphatic rings. The first kappa shape index (κ1) is 10.7. The van der Waals surface area contributed by atoms with Gasteiger partial charge in [-0.1, -0.05) is 11.6 Å². The van der Waals surface area contributed by atoms with Crippen molar-refractivity contribution < 1.29 is 0 Å². The maximum atomic E-state index is 12.4. The number of H-pyrrole nitrogens is 1. The summed E-state index contributed by atoms with van der Waals surface area (Å²) in [5.74, 6) is 0. The van der Waals surface area contributed by atoms with Gasteiger partial charge in [-0.2, -0.15) is 0 Å². The quantitative estimate of drug-likeness (QED) is 0.785. The molecule has 0 amide bonds.